The summed E-state index contributed by atoms with van der Waals surface area (Å²) >= 11 is 0. The number of nitrogens with zero attached hydrogens (tertiary/aromatic N) is 2. The van der Waals surface area contributed by atoms with Crippen molar-refractivity contribution in [3.8, 4) is 5.75 Å². The van der Waals surface area contributed by atoms with E-state index in [9.17, 15) is 4.79 Å². The molecule has 208 valence electrons. The first-order valence-electron chi connectivity index (χ1n) is 14.3. The van der Waals surface area contributed by atoms with Gasteiger partial charge < -0.3 is 23.9 Å². The third-order valence-corrected chi connectivity index (χ3v) is 7.61. The molecule has 0 bridgehead atoms. The van der Waals surface area contributed by atoms with E-state index in [1.165, 1.54) is 32.1 Å². The summed E-state index contributed by atoms with van der Waals surface area (Å²) in [4.78, 5) is 21.6. The second-order valence-electron chi connectivity index (χ2n) is 10.5. The molecule has 8 heteroatoms. The molecule has 0 amide bonds. The summed E-state index contributed by atoms with van der Waals surface area (Å²) in [6.07, 6.45) is 11.1. The van der Waals surface area contributed by atoms with Gasteiger partial charge in [0.15, 0.2) is 11.8 Å². The summed E-state index contributed by atoms with van der Waals surface area (Å²) in [5, 5.41) is 4.33. The van der Waals surface area contributed by atoms with Crippen LogP contribution in [-0.2, 0) is 20.8 Å². The van der Waals surface area contributed by atoms with Gasteiger partial charge in [0.2, 0.25) is 0 Å². The lowest BCUT2D eigenvalue weighted by atomic mass is 9.84. The molecule has 0 unspecified atom stereocenters. The van der Waals surface area contributed by atoms with Crippen molar-refractivity contribution in [1.29, 1.82) is 0 Å². The molecule has 2 aliphatic rings. The number of pyridine rings is 1. The fourth-order valence-corrected chi connectivity index (χ4v) is 5.63. The molecule has 8 nitrogen and oxygen atoms in total. The number of esters is 1. The highest BCUT2D eigenvalue weighted by Crippen LogP contribution is 2.37. The topological polar surface area (TPSA) is 95.2 Å². The number of ether oxygens (including phenoxy) is 3. The largest absolute Gasteiger partial charge is 0.493 e. The Morgan fingerprint density at radius 1 is 1.15 bits per heavy atom. The SMILES string of the molecule is CCOC(=O)[C@H]1N=C(c2oc3cccc(OCCCNCc4cccnc4)c3c2C)O[C@@H]1CC1CCCCC1. The molecule has 1 aliphatic heterocycles. The molecule has 0 saturated heterocycles. The molecule has 5 rings (SSSR count). The number of hydrogen-bond acceptors (Lipinski definition) is 8. The number of nitrogens with one attached hydrogen (secondary N) is 1. The molecular weight excluding hydrogens is 494 g/mol. The zero-order chi connectivity index (χ0) is 27.0. The molecule has 0 spiro atoms. The van der Waals surface area contributed by atoms with Gasteiger partial charge in [0.25, 0.3) is 5.90 Å². The van der Waals surface area contributed by atoms with E-state index >= 15 is 0 Å². The smallest absolute Gasteiger partial charge is 0.334 e. The fourth-order valence-electron chi connectivity index (χ4n) is 5.63. The van der Waals surface area contributed by atoms with Gasteiger partial charge in [-0.2, -0.15) is 0 Å². The molecule has 3 heterocycles. The summed E-state index contributed by atoms with van der Waals surface area (Å²) in [5.41, 5.74) is 2.77. The number of aryl methyl sites for hydroxylation is 1. The zero-order valence-electron chi connectivity index (χ0n) is 23.0. The summed E-state index contributed by atoms with van der Waals surface area (Å²) in [7, 11) is 0. The van der Waals surface area contributed by atoms with E-state index in [0.29, 0.717) is 36.4 Å². The normalized spacial score (nSPS) is 19.6. The average molecular weight is 534 g/mol. The third-order valence-electron chi connectivity index (χ3n) is 7.61. The average Bonchev–Trinajstić information content (AvgIpc) is 3.53. The Morgan fingerprint density at radius 2 is 2.03 bits per heavy atom. The molecule has 1 N–H and O–H groups in total. The Bertz CT molecular complexity index is 1270. The van der Waals surface area contributed by atoms with Gasteiger partial charge in [-0.05, 0) is 62.9 Å². The van der Waals surface area contributed by atoms with Gasteiger partial charge in [-0.3, -0.25) is 4.98 Å². The molecule has 0 radical (unpaired) electrons. The number of aromatic nitrogens is 1. The quantitative estimate of drug-likeness (QED) is 0.234. The van der Waals surface area contributed by atoms with Gasteiger partial charge in [-0.15, -0.1) is 0 Å². The van der Waals surface area contributed by atoms with E-state index in [1.807, 2.05) is 44.3 Å². The molecule has 1 saturated carbocycles. The monoisotopic (exact) mass is 533 g/mol. The Labute approximate surface area is 230 Å². The first-order chi connectivity index (χ1) is 19.1. The number of benzene rings is 1. The molecule has 3 aromatic rings. The number of furan rings is 1. The van der Waals surface area contributed by atoms with Crippen LogP contribution >= 0.6 is 0 Å². The molecule has 1 aliphatic carbocycles. The minimum Gasteiger partial charge on any atom is -0.493 e. The van der Waals surface area contributed by atoms with E-state index in [0.717, 1.165) is 48.2 Å². The second-order valence-corrected chi connectivity index (χ2v) is 10.5. The lowest BCUT2D eigenvalue weighted by molar-refractivity contribution is -0.146. The van der Waals surface area contributed by atoms with E-state index in [2.05, 4.69) is 16.4 Å². The van der Waals surface area contributed by atoms with Crippen LogP contribution in [0.3, 0.4) is 0 Å². The minimum absolute atomic E-state index is 0.319. The lowest BCUT2D eigenvalue weighted by Crippen LogP contribution is -2.34. The first-order valence-corrected chi connectivity index (χ1v) is 14.3. The summed E-state index contributed by atoms with van der Waals surface area (Å²) in [6.45, 7) is 6.32. The van der Waals surface area contributed by atoms with Gasteiger partial charge in [-0.1, -0.05) is 44.2 Å². The van der Waals surface area contributed by atoms with E-state index in [-0.39, 0.29) is 12.1 Å². The summed E-state index contributed by atoms with van der Waals surface area (Å²) < 4.78 is 24.1. The molecule has 1 fully saturated rings. The van der Waals surface area contributed by atoms with E-state index < -0.39 is 6.04 Å². The van der Waals surface area contributed by atoms with Gasteiger partial charge in [0, 0.05) is 24.5 Å². The van der Waals surface area contributed by atoms with Gasteiger partial charge in [-0.25, -0.2) is 9.79 Å². The molecular formula is C31H39N3O5. The Morgan fingerprint density at radius 3 is 2.82 bits per heavy atom. The van der Waals surface area contributed by atoms with E-state index in [4.69, 9.17) is 23.6 Å². The maximum Gasteiger partial charge on any atom is 0.334 e. The number of carbonyl (C=O) groups excluding carboxylic acids is 1. The highest BCUT2D eigenvalue weighted by molar-refractivity contribution is 6.02. The maximum atomic E-state index is 12.8. The fraction of sp³-hybridized carbons (Fsp3) is 0.516. The molecule has 1 aromatic carbocycles. The van der Waals surface area contributed by atoms with Crippen molar-refractivity contribution in [3.05, 3.63) is 59.6 Å². The van der Waals surface area contributed by atoms with Gasteiger partial charge in [0.05, 0.1) is 18.6 Å². The van der Waals surface area contributed by atoms with Crippen LogP contribution in [0, 0.1) is 12.8 Å². The molecule has 2 aromatic heterocycles. The Hall–Kier alpha value is -3.39. The van der Waals surface area contributed by atoms with Gasteiger partial charge in [0.1, 0.15) is 17.4 Å². The summed E-state index contributed by atoms with van der Waals surface area (Å²) in [6, 6.07) is 9.15. The Balaban J connectivity index is 1.25. The second kappa shape index (κ2) is 13.1. The zero-order valence-corrected chi connectivity index (χ0v) is 23.0. The van der Waals surface area contributed by atoms with Crippen LogP contribution in [0.5, 0.6) is 5.75 Å². The van der Waals surface area contributed by atoms with E-state index in [1.54, 1.807) is 6.20 Å². The van der Waals surface area contributed by atoms with Crippen molar-refractivity contribution in [1.82, 2.24) is 10.3 Å². The van der Waals surface area contributed by atoms with Crippen LogP contribution in [-0.4, -0.2) is 48.8 Å². The van der Waals surface area contributed by atoms with Crippen molar-refractivity contribution >= 4 is 22.8 Å². The van der Waals surface area contributed by atoms with Crippen molar-refractivity contribution in [2.24, 2.45) is 10.9 Å². The number of carbonyl (C=O) groups is 1. The van der Waals surface area contributed by atoms with Crippen LogP contribution in [0.4, 0.5) is 0 Å². The van der Waals surface area contributed by atoms with Crippen LogP contribution in [0.1, 0.15) is 68.8 Å². The van der Waals surface area contributed by atoms with Crippen molar-refractivity contribution in [3.63, 3.8) is 0 Å². The number of rotatable bonds is 12. The summed E-state index contributed by atoms with van der Waals surface area (Å²) in [5.74, 6) is 1.92. The van der Waals surface area contributed by atoms with Crippen molar-refractivity contribution in [2.45, 2.75) is 77.5 Å². The van der Waals surface area contributed by atoms with Crippen LogP contribution in [0.25, 0.3) is 11.0 Å². The Kier molecular flexibility index (Phi) is 9.14. The predicted molar refractivity (Wildman–Crippen MR) is 150 cm³/mol. The number of fused-ring (bicyclic) bond motifs is 1. The van der Waals surface area contributed by atoms with Crippen LogP contribution < -0.4 is 10.1 Å². The minimum atomic E-state index is -0.663. The first kappa shape index (κ1) is 27.2. The van der Waals surface area contributed by atoms with Gasteiger partial charge >= 0.3 is 5.97 Å². The third kappa shape index (κ3) is 6.61. The molecule has 39 heavy (non-hydrogen) atoms. The number of aliphatic imine (C=N–C) groups is 1. The number of hydrogen-bond donors (Lipinski definition) is 1. The highest BCUT2D eigenvalue weighted by Gasteiger charge is 2.41. The van der Waals surface area contributed by atoms with Crippen LogP contribution in [0.15, 0.2) is 52.1 Å². The standard InChI is InChI=1S/C31H39N3O5/c1-3-36-31(35)28-26(18-22-10-5-4-6-11-22)39-30(34-28)29-21(2)27-24(13-7-14-25(27)38-29)37-17-9-16-33-20-23-12-8-15-32-19-23/h7-8,12-15,19,22,26,28,33H,3-6,9-11,16-18,20H2,1-2H3/t26-,28+/m1/s1. The predicted octanol–water partition coefficient (Wildman–Crippen LogP) is 5.74. The maximum absolute atomic E-state index is 12.8. The van der Waals surface area contributed by atoms with Crippen LogP contribution in [0.2, 0.25) is 0 Å². The highest BCUT2D eigenvalue weighted by atomic mass is 16.5. The molecule has 2 atom stereocenters. The lowest BCUT2D eigenvalue weighted by Gasteiger charge is -2.25. The van der Waals surface area contributed by atoms with Crippen molar-refractivity contribution in [2.75, 3.05) is 19.8 Å². The van der Waals surface area contributed by atoms with Crippen molar-refractivity contribution < 1.29 is 23.4 Å².